The van der Waals surface area contributed by atoms with Gasteiger partial charge in [-0.3, -0.25) is 0 Å². The highest BCUT2D eigenvalue weighted by Gasteiger charge is 2.22. The van der Waals surface area contributed by atoms with Crippen molar-refractivity contribution in [1.82, 2.24) is 20.2 Å². The monoisotopic (exact) mass is 290 g/mol. The summed E-state index contributed by atoms with van der Waals surface area (Å²) in [5, 5.41) is 21.6. The number of rotatable bonds is 4. The summed E-state index contributed by atoms with van der Waals surface area (Å²) in [4.78, 5) is 11.8. The molecular weight excluding hydrogens is 276 g/mol. The van der Waals surface area contributed by atoms with E-state index in [0.717, 1.165) is 22.9 Å². The molecule has 20 heavy (non-hydrogen) atoms. The maximum atomic E-state index is 11.0. The fourth-order valence-corrected chi connectivity index (χ4v) is 3.33. The molecule has 0 aliphatic heterocycles. The second kappa shape index (κ2) is 5.62. The average molecular weight is 290 g/mol. The number of aromatic carboxylic acids is 1. The summed E-state index contributed by atoms with van der Waals surface area (Å²) in [6.45, 7) is 0. The molecule has 1 heterocycles. The number of carboxylic acid groups (broad SMARTS) is 1. The van der Waals surface area contributed by atoms with Crippen LogP contribution in [0.25, 0.3) is 0 Å². The molecule has 0 radical (unpaired) electrons. The third-order valence-corrected chi connectivity index (χ3v) is 4.36. The Balaban J connectivity index is 1.82. The standard InChI is InChI=1S/C13H14N4O2S/c18-12(19)9-4-3-7-11(8-9)20-13-14-15-16-17(13)10-5-1-2-6-10/h3-4,7-8,10H,1-2,5-6H2,(H,18,19). The largest absolute Gasteiger partial charge is 0.478 e. The van der Waals surface area contributed by atoms with E-state index in [4.69, 9.17) is 5.11 Å². The summed E-state index contributed by atoms with van der Waals surface area (Å²) in [5.74, 6) is -0.928. The predicted molar refractivity (Wildman–Crippen MR) is 72.8 cm³/mol. The van der Waals surface area contributed by atoms with Crippen LogP contribution in [0, 0.1) is 0 Å². The molecule has 0 saturated heterocycles. The quantitative estimate of drug-likeness (QED) is 0.932. The van der Waals surface area contributed by atoms with Crippen molar-refractivity contribution in [1.29, 1.82) is 0 Å². The fraction of sp³-hybridized carbons (Fsp3) is 0.385. The molecule has 1 aromatic carbocycles. The Bertz CT molecular complexity index is 622. The Morgan fingerprint density at radius 3 is 2.90 bits per heavy atom. The van der Waals surface area contributed by atoms with Crippen molar-refractivity contribution in [2.24, 2.45) is 0 Å². The number of carbonyl (C=O) groups is 1. The van der Waals surface area contributed by atoms with Crippen LogP contribution in [0.5, 0.6) is 0 Å². The minimum Gasteiger partial charge on any atom is -0.478 e. The summed E-state index contributed by atoms with van der Waals surface area (Å²) in [5.41, 5.74) is 0.273. The van der Waals surface area contributed by atoms with E-state index in [9.17, 15) is 4.79 Å². The van der Waals surface area contributed by atoms with E-state index in [2.05, 4.69) is 15.5 Å². The zero-order chi connectivity index (χ0) is 13.9. The number of nitrogens with zero attached hydrogens (tertiary/aromatic N) is 4. The second-order valence-electron chi connectivity index (χ2n) is 4.78. The summed E-state index contributed by atoms with van der Waals surface area (Å²) in [7, 11) is 0. The van der Waals surface area contributed by atoms with Crippen molar-refractivity contribution >= 4 is 17.7 Å². The van der Waals surface area contributed by atoms with Gasteiger partial charge in [-0.25, -0.2) is 9.48 Å². The lowest BCUT2D eigenvalue weighted by molar-refractivity contribution is 0.0696. The van der Waals surface area contributed by atoms with Crippen LogP contribution in [0.2, 0.25) is 0 Å². The van der Waals surface area contributed by atoms with Gasteiger partial charge in [-0.05, 0) is 53.2 Å². The van der Waals surface area contributed by atoms with E-state index < -0.39 is 5.97 Å². The molecule has 2 aromatic rings. The van der Waals surface area contributed by atoms with Gasteiger partial charge in [0, 0.05) is 4.90 Å². The molecule has 1 aromatic heterocycles. The van der Waals surface area contributed by atoms with Crippen molar-refractivity contribution in [2.75, 3.05) is 0 Å². The molecule has 7 heteroatoms. The number of tetrazole rings is 1. The lowest BCUT2D eigenvalue weighted by atomic mass is 10.2. The van der Waals surface area contributed by atoms with Gasteiger partial charge in [-0.15, -0.1) is 5.10 Å². The van der Waals surface area contributed by atoms with Crippen molar-refractivity contribution in [3.63, 3.8) is 0 Å². The van der Waals surface area contributed by atoms with E-state index in [-0.39, 0.29) is 5.56 Å². The molecule has 1 fully saturated rings. The molecule has 0 bridgehead atoms. The topological polar surface area (TPSA) is 80.9 Å². The Hall–Kier alpha value is -1.89. The number of benzene rings is 1. The number of hydrogen-bond acceptors (Lipinski definition) is 5. The van der Waals surface area contributed by atoms with E-state index in [0.29, 0.717) is 6.04 Å². The summed E-state index contributed by atoms with van der Waals surface area (Å²) in [6, 6.07) is 7.18. The number of hydrogen-bond donors (Lipinski definition) is 1. The van der Waals surface area contributed by atoms with Crippen molar-refractivity contribution in [3.8, 4) is 0 Å². The van der Waals surface area contributed by atoms with E-state index in [1.54, 1.807) is 18.2 Å². The number of aromatic nitrogens is 4. The highest BCUT2D eigenvalue weighted by Crippen LogP contribution is 2.33. The minimum absolute atomic E-state index is 0.273. The minimum atomic E-state index is -0.928. The van der Waals surface area contributed by atoms with E-state index >= 15 is 0 Å². The molecule has 1 aliphatic rings. The summed E-state index contributed by atoms with van der Waals surface area (Å²) in [6.07, 6.45) is 4.63. The maximum absolute atomic E-state index is 11.0. The van der Waals surface area contributed by atoms with Gasteiger partial charge in [-0.1, -0.05) is 18.9 Å². The lowest BCUT2D eigenvalue weighted by Crippen LogP contribution is -2.08. The summed E-state index contributed by atoms with van der Waals surface area (Å²) >= 11 is 1.40. The molecular formula is C13H14N4O2S. The van der Waals surface area contributed by atoms with Crippen LogP contribution < -0.4 is 0 Å². The Kier molecular flexibility index (Phi) is 3.68. The third kappa shape index (κ3) is 2.67. The molecule has 1 saturated carbocycles. The first kappa shape index (κ1) is 13.1. The first-order chi connectivity index (χ1) is 9.74. The van der Waals surface area contributed by atoms with Crippen LogP contribution in [0.1, 0.15) is 42.1 Å². The normalized spacial score (nSPS) is 15.6. The molecule has 0 amide bonds. The van der Waals surface area contributed by atoms with Crippen LogP contribution in [0.3, 0.4) is 0 Å². The molecule has 3 rings (SSSR count). The van der Waals surface area contributed by atoms with Crippen LogP contribution >= 0.6 is 11.8 Å². The second-order valence-corrected chi connectivity index (χ2v) is 5.82. The smallest absolute Gasteiger partial charge is 0.335 e. The molecule has 0 unspecified atom stereocenters. The zero-order valence-electron chi connectivity index (χ0n) is 10.8. The van der Waals surface area contributed by atoms with Gasteiger partial charge in [0.2, 0.25) is 5.16 Å². The van der Waals surface area contributed by atoms with Gasteiger partial charge in [0.05, 0.1) is 11.6 Å². The maximum Gasteiger partial charge on any atom is 0.335 e. The zero-order valence-corrected chi connectivity index (χ0v) is 11.6. The van der Waals surface area contributed by atoms with Crippen LogP contribution in [-0.4, -0.2) is 31.3 Å². The average Bonchev–Trinajstić information content (AvgIpc) is 3.09. The molecule has 1 aliphatic carbocycles. The van der Waals surface area contributed by atoms with Gasteiger partial charge in [0.15, 0.2) is 0 Å². The molecule has 1 N–H and O–H groups in total. The van der Waals surface area contributed by atoms with Gasteiger partial charge >= 0.3 is 5.97 Å². The highest BCUT2D eigenvalue weighted by atomic mass is 32.2. The van der Waals surface area contributed by atoms with Gasteiger partial charge < -0.3 is 5.11 Å². The SMILES string of the molecule is O=C(O)c1cccc(Sc2nnnn2C2CCCC2)c1. The van der Waals surface area contributed by atoms with Gasteiger partial charge in [0.25, 0.3) is 0 Å². The van der Waals surface area contributed by atoms with Crippen molar-refractivity contribution in [2.45, 2.75) is 41.8 Å². The van der Waals surface area contributed by atoms with Crippen LogP contribution in [-0.2, 0) is 0 Å². The lowest BCUT2D eigenvalue weighted by Gasteiger charge is -2.10. The fourth-order valence-electron chi connectivity index (χ4n) is 2.43. The first-order valence-corrected chi connectivity index (χ1v) is 7.35. The number of carboxylic acids is 1. The van der Waals surface area contributed by atoms with Gasteiger partial charge in [-0.2, -0.15) is 0 Å². The van der Waals surface area contributed by atoms with Crippen molar-refractivity contribution < 1.29 is 9.90 Å². The van der Waals surface area contributed by atoms with Crippen molar-refractivity contribution in [3.05, 3.63) is 29.8 Å². The molecule has 0 atom stereocenters. The van der Waals surface area contributed by atoms with E-state index in [1.807, 2.05) is 10.7 Å². The Morgan fingerprint density at radius 1 is 1.35 bits per heavy atom. The Morgan fingerprint density at radius 2 is 2.15 bits per heavy atom. The predicted octanol–water partition coefficient (Wildman–Crippen LogP) is 2.64. The van der Waals surface area contributed by atoms with E-state index in [1.165, 1.54) is 24.6 Å². The highest BCUT2D eigenvalue weighted by molar-refractivity contribution is 7.99. The van der Waals surface area contributed by atoms with Gasteiger partial charge in [0.1, 0.15) is 0 Å². The first-order valence-electron chi connectivity index (χ1n) is 6.53. The molecule has 104 valence electrons. The summed E-state index contributed by atoms with van der Waals surface area (Å²) < 4.78 is 1.87. The van der Waals surface area contributed by atoms with Crippen LogP contribution in [0.4, 0.5) is 0 Å². The molecule has 0 spiro atoms. The molecule has 6 nitrogen and oxygen atoms in total. The van der Waals surface area contributed by atoms with Crippen LogP contribution in [0.15, 0.2) is 34.3 Å². The Labute approximate surface area is 120 Å². The third-order valence-electron chi connectivity index (χ3n) is 3.42.